The van der Waals surface area contributed by atoms with Crippen LogP contribution in [0, 0.1) is 6.92 Å². The second-order valence-electron chi connectivity index (χ2n) is 9.03. The summed E-state index contributed by atoms with van der Waals surface area (Å²) in [5.41, 5.74) is 3.88. The Morgan fingerprint density at radius 1 is 1.12 bits per heavy atom. The minimum atomic E-state index is -0.553. The Labute approximate surface area is 198 Å². The summed E-state index contributed by atoms with van der Waals surface area (Å²) in [6.45, 7) is 6.43. The molecule has 10 nitrogen and oxygen atoms in total. The van der Waals surface area contributed by atoms with Crippen LogP contribution < -0.4 is 24.4 Å². The monoisotopic (exact) mass is 467 g/mol. The van der Waals surface area contributed by atoms with Crippen molar-refractivity contribution in [2.45, 2.75) is 39.0 Å². The molecule has 1 aliphatic rings. The van der Waals surface area contributed by atoms with Gasteiger partial charge in [-0.25, -0.2) is 0 Å². The van der Waals surface area contributed by atoms with Crippen LogP contribution in [0.5, 0.6) is 23.6 Å². The molecule has 1 amide bonds. The van der Waals surface area contributed by atoms with E-state index in [1.165, 1.54) is 31.6 Å². The van der Waals surface area contributed by atoms with Crippen LogP contribution >= 0.6 is 0 Å². The number of nitrogens with one attached hydrogen (secondary N) is 1. The van der Waals surface area contributed by atoms with Crippen LogP contribution in [0.1, 0.15) is 47.4 Å². The standard InChI is InChI=1S/C24H29N5O5/c1-13-10-14-8-9-24(2,3)15(14)11-17(13)34-23-25-16(12-33-23)19(30)26-18-20(31-6)27-22(29(4)5)28-21(18)32-7/h10-12H,8-9H2,1-7H3,(H,26,30). The highest BCUT2D eigenvalue weighted by molar-refractivity contribution is 6.04. The number of rotatable bonds is 7. The van der Waals surface area contributed by atoms with Crippen molar-refractivity contribution in [2.24, 2.45) is 0 Å². The molecule has 1 aromatic carbocycles. The number of anilines is 2. The molecule has 0 unspecified atom stereocenters. The number of hydrogen-bond acceptors (Lipinski definition) is 9. The number of aromatic nitrogens is 3. The lowest BCUT2D eigenvalue weighted by Crippen LogP contribution is -2.18. The molecule has 34 heavy (non-hydrogen) atoms. The molecule has 0 atom stereocenters. The molecule has 0 aliphatic heterocycles. The Bertz CT molecular complexity index is 1210. The predicted octanol–water partition coefficient (Wildman–Crippen LogP) is 4.12. The molecule has 1 N–H and O–H groups in total. The number of hydrogen-bond donors (Lipinski definition) is 1. The number of amides is 1. The molecule has 0 bridgehead atoms. The van der Waals surface area contributed by atoms with Crippen molar-refractivity contribution in [3.8, 4) is 23.6 Å². The fourth-order valence-electron chi connectivity index (χ4n) is 3.97. The van der Waals surface area contributed by atoms with Crippen molar-refractivity contribution in [3.05, 3.63) is 40.8 Å². The van der Waals surface area contributed by atoms with Crippen molar-refractivity contribution in [3.63, 3.8) is 0 Å². The van der Waals surface area contributed by atoms with E-state index < -0.39 is 5.91 Å². The van der Waals surface area contributed by atoms with Gasteiger partial charge in [-0.3, -0.25) is 4.79 Å². The average molecular weight is 468 g/mol. The molecule has 2 aromatic heterocycles. The van der Waals surface area contributed by atoms with Crippen molar-refractivity contribution >= 4 is 17.5 Å². The summed E-state index contributed by atoms with van der Waals surface area (Å²) in [5.74, 6) is 0.777. The molecule has 180 valence electrons. The van der Waals surface area contributed by atoms with Gasteiger partial charge in [0.2, 0.25) is 17.7 Å². The van der Waals surface area contributed by atoms with Gasteiger partial charge in [0, 0.05) is 14.1 Å². The quantitative estimate of drug-likeness (QED) is 0.548. The Morgan fingerprint density at radius 3 is 2.41 bits per heavy atom. The van der Waals surface area contributed by atoms with E-state index in [1.807, 2.05) is 13.0 Å². The van der Waals surface area contributed by atoms with Gasteiger partial charge in [0.15, 0.2) is 11.4 Å². The van der Waals surface area contributed by atoms with E-state index in [1.54, 1.807) is 19.0 Å². The van der Waals surface area contributed by atoms with Gasteiger partial charge in [-0.05, 0) is 47.9 Å². The number of benzene rings is 1. The number of methoxy groups -OCH3 is 2. The Kier molecular flexibility index (Phi) is 6.07. The highest BCUT2D eigenvalue weighted by Crippen LogP contribution is 2.42. The van der Waals surface area contributed by atoms with E-state index in [-0.39, 0.29) is 34.6 Å². The second-order valence-corrected chi connectivity index (χ2v) is 9.03. The predicted molar refractivity (Wildman–Crippen MR) is 127 cm³/mol. The lowest BCUT2D eigenvalue weighted by Gasteiger charge is -2.20. The van der Waals surface area contributed by atoms with Crippen molar-refractivity contribution in [1.82, 2.24) is 15.0 Å². The molecule has 10 heteroatoms. The summed E-state index contributed by atoms with van der Waals surface area (Å²) in [7, 11) is 6.46. The molecule has 0 spiro atoms. The first kappa shape index (κ1) is 23.3. The summed E-state index contributed by atoms with van der Waals surface area (Å²) >= 11 is 0. The number of oxazole rings is 1. The van der Waals surface area contributed by atoms with Gasteiger partial charge in [-0.1, -0.05) is 19.9 Å². The normalized spacial score (nSPS) is 13.9. The van der Waals surface area contributed by atoms with E-state index in [0.717, 1.165) is 18.4 Å². The highest BCUT2D eigenvalue weighted by Gasteiger charge is 2.31. The number of nitrogens with zero attached hydrogens (tertiary/aromatic N) is 4. The zero-order chi connectivity index (χ0) is 24.6. The Balaban J connectivity index is 1.55. The smallest absolute Gasteiger partial charge is 0.399 e. The van der Waals surface area contributed by atoms with E-state index >= 15 is 0 Å². The van der Waals surface area contributed by atoms with E-state index in [2.05, 4.69) is 40.2 Å². The number of carbonyl (C=O) groups excluding carboxylic acids is 1. The summed E-state index contributed by atoms with van der Waals surface area (Å²) in [4.78, 5) is 27.3. The maximum atomic E-state index is 12.9. The zero-order valence-electron chi connectivity index (χ0n) is 20.5. The third kappa shape index (κ3) is 4.35. The van der Waals surface area contributed by atoms with Gasteiger partial charge in [-0.2, -0.15) is 15.0 Å². The van der Waals surface area contributed by atoms with Gasteiger partial charge in [0.1, 0.15) is 12.0 Å². The zero-order valence-corrected chi connectivity index (χ0v) is 20.5. The van der Waals surface area contributed by atoms with Crippen molar-refractivity contribution < 1.29 is 23.4 Å². The maximum absolute atomic E-state index is 12.9. The molecule has 0 radical (unpaired) electrons. The van der Waals surface area contributed by atoms with Gasteiger partial charge in [0.05, 0.1) is 14.2 Å². The van der Waals surface area contributed by atoms with Gasteiger partial charge < -0.3 is 28.8 Å². The molecule has 3 aromatic rings. The molecule has 0 saturated carbocycles. The Morgan fingerprint density at radius 2 is 1.79 bits per heavy atom. The minimum absolute atomic E-state index is 0.0231. The maximum Gasteiger partial charge on any atom is 0.399 e. The van der Waals surface area contributed by atoms with Crippen LogP contribution in [0.25, 0.3) is 0 Å². The first-order valence-corrected chi connectivity index (χ1v) is 10.9. The summed E-state index contributed by atoms with van der Waals surface area (Å²) in [6, 6.07) is 4.19. The molecule has 1 aliphatic carbocycles. The van der Waals surface area contributed by atoms with Crippen LogP contribution in [0.4, 0.5) is 11.6 Å². The fourth-order valence-corrected chi connectivity index (χ4v) is 3.97. The molecule has 2 heterocycles. The first-order valence-electron chi connectivity index (χ1n) is 10.9. The third-order valence-electron chi connectivity index (χ3n) is 5.92. The second kappa shape index (κ2) is 8.85. The summed E-state index contributed by atoms with van der Waals surface area (Å²) in [5, 5.41) is 2.69. The lowest BCUT2D eigenvalue weighted by atomic mass is 9.86. The first-order chi connectivity index (χ1) is 16.1. The third-order valence-corrected chi connectivity index (χ3v) is 5.92. The largest absolute Gasteiger partial charge is 0.479 e. The topological polar surface area (TPSA) is 112 Å². The Hall–Kier alpha value is -3.82. The van der Waals surface area contributed by atoms with Crippen molar-refractivity contribution in [2.75, 3.05) is 38.5 Å². The van der Waals surface area contributed by atoms with Crippen LogP contribution in [0.3, 0.4) is 0 Å². The van der Waals surface area contributed by atoms with Crippen LogP contribution in [0.2, 0.25) is 0 Å². The number of aryl methyl sites for hydroxylation is 2. The summed E-state index contributed by atoms with van der Waals surface area (Å²) in [6.07, 6.45) is 3.35. The minimum Gasteiger partial charge on any atom is -0.479 e. The van der Waals surface area contributed by atoms with E-state index in [9.17, 15) is 4.79 Å². The number of ether oxygens (including phenoxy) is 3. The molecule has 0 saturated heterocycles. The van der Waals surface area contributed by atoms with Gasteiger partial charge in [0.25, 0.3) is 5.91 Å². The number of carbonyl (C=O) groups is 1. The number of fused-ring (bicyclic) bond motifs is 1. The molecule has 0 fully saturated rings. The highest BCUT2D eigenvalue weighted by atomic mass is 16.6. The van der Waals surface area contributed by atoms with E-state index in [4.69, 9.17) is 18.6 Å². The van der Waals surface area contributed by atoms with E-state index in [0.29, 0.717) is 11.7 Å². The summed E-state index contributed by atoms with van der Waals surface area (Å²) < 4.78 is 22.0. The molecule has 4 rings (SSSR count). The van der Waals surface area contributed by atoms with Gasteiger partial charge in [-0.15, -0.1) is 0 Å². The lowest BCUT2D eigenvalue weighted by molar-refractivity contribution is 0.102. The molecular formula is C24H29N5O5. The SMILES string of the molecule is COc1nc(N(C)C)nc(OC)c1NC(=O)c1coc(Oc2cc3c(cc2C)CCC3(C)C)n1. The molecular weight excluding hydrogens is 438 g/mol. The van der Waals surface area contributed by atoms with Crippen LogP contribution in [-0.4, -0.2) is 49.2 Å². The van der Waals surface area contributed by atoms with Crippen molar-refractivity contribution in [1.29, 1.82) is 0 Å². The van der Waals surface area contributed by atoms with Crippen LogP contribution in [0.15, 0.2) is 22.8 Å². The van der Waals surface area contributed by atoms with Crippen LogP contribution in [-0.2, 0) is 11.8 Å². The van der Waals surface area contributed by atoms with Gasteiger partial charge >= 0.3 is 6.08 Å². The fraction of sp³-hybridized carbons (Fsp3) is 0.417. The average Bonchev–Trinajstić information content (AvgIpc) is 3.38.